The number of rotatable bonds is 5. The van der Waals surface area contributed by atoms with Crippen molar-refractivity contribution in [2.24, 2.45) is 4.99 Å². The first kappa shape index (κ1) is 22.1. The number of hydrogen-bond acceptors (Lipinski definition) is 6. The average molecular weight is 462 g/mol. The zero-order valence-corrected chi connectivity index (χ0v) is 18.4. The van der Waals surface area contributed by atoms with Crippen molar-refractivity contribution in [3.8, 4) is 11.3 Å². The topological polar surface area (TPSA) is 129 Å². The quantitative estimate of drug-likeness (QED) is 0.462. The molecule has 0 radical (unpaired) electrons. The average Bonchev–Trinajstić information content (AvgIpc) is 3.36. The second kappa shape index (κ2) is 8.79. The van der Waals surface area contributed by atoms with E-state index < -0.39 is 11.9 Å². The Morgan fingerprint density at radius 2 is 1.70 bits per heavy atom. The van der Waals surface area contributed by atoms with E-state index in [1.807, 2.05) is 32.0 Å². The highest BCUT2D eigenvalue weighted by Gasteiger charge is 2.24. The maximum Gasteiger partial charge on any atom is 0.335 e. The van der Waals surface area contributed by atoms with E-state index in [1.165, 1.54) is 23.9 Å². The lowest BCUT2D eigenvalue weighted by molar-refractivity contribution is -0.115. The predicted octanol–water partition coefficient (Wildman–Crippen LogP) is 4.85. The molecule has 33 heavy (non-hydrogen) atoms. The number of carboxylic acid groups (broad SMARTS) is 2. The van der Waals surface area contributed by atoms with Gasteiger partial charge >= 0.3 is 11.9 Å². The lowest BCUT2D eigenvalue weighted by atomic mass is 10.0. The third kappa shape index (κ3) is 4.88. The Morgan fingerprint density at radius 1 is 1.00 bits per heavy atom. The van der Waals surface area contributed by atoms with Gasteiger partial charge in [-0.2, -0.15) is 0 Å². The minimum absolute atomic E-state index is 0.167. The summed E-state index contributed by atoms with van der Waals surface area (Å²) in [6.45, 7) is 3.94. The Labute approximate surface area is 192 Å². The smallest absolute Gasteiger partial charge is 0.335 e. The molecule has 9 heteroatoms. The van der Waals surface area contributed by atoms with Crippen molar-refractivity contribution in [3.05, 3.63) is 81.5 Å². The fourth-order valence-electron chi connectivity index (χ4n) is 3.25. The van der Waals surface area contributed by atoms with Crippen LogP contribution in [0.4, 0.5) is 5.69 Å². The van der Waals surface area contributed by atoms with Crippen molar-refractivity contribution in [3.63, 3.8) is 0 Å². The number of hydrogen-bond donors (Lipinski definition) is 3. The van der Waals surface area contributed by atoms with Gasteiger partial charge < -0.3 is 19.9 Å². The van der Waals surface area contributed by atoms with E-state index >= 15 is 0 Å². The number of carbonyl (C=O) groups is 3. The molecule has 2 heterocycles. The van der Waals surface area contributed by atoms with Gasteiger partial charge in [0.15, 0.2) is 5.17 Å². The zero-order chi connectivity index (χ0) is 23.7. The van der Waals surface area contributed by atoms with Crippen LogP contribution in [0.1, 0.15) is 37.6 Å². The Hall–Kier alpha value is -4.11. The summed E-state index contributed by atoms with van der Waals surface area (Å²) < 4.78 is 5.74. The number of benzene rings is 2. The maximum absolute atomic E-state index is 12.4. The van der Waals surface area contributed by atoms with Crippen molar-refractivity contribution >= 4 is 46.5 Å². The number of aromatic carboxylic acids is 2. The van der Waals surface area contributed by atoms with Crippen LogP contribution >= 0.6 is 11.8 Å². The van der Waals surface area contributed by atoms with Crippen LogP contribution in [0, 0.1) is 13.8 Å². The molecule has 0 bridgehead atoms. The summed E-state index contributed by atoms with van der Waals surface area (Å²) in [6.07, 6.45) is 1.55. The molecule has 0 saturated carbocycles. The lowest BCUT2D eigenvalue weighted by Crippen LogP contribution is -2.19. The SMILES string of the molecule is Cc1ccc(N=C2NC(=O)/C(=C/c3ccc(-c4cc(C(=O)O)cc(C(=O)O)c4)o3)S2)c(C)c1. The summed E-state index contributed by atoms with van der Waals surface area (Å²) in [7, 11) is 0. The van der Waals surface area contributed by atoms with Crippen molar-refractivity contribution < 1.29 is 29.0 Å². The second-order valence-electron chi connectivity index (χ2n) is 7.38. The van der Waals surface area contributed by atoms with Crippen LogP contribution in [-0.4, -0.2) is 33.2 Å². The fraction of sp³-hybridized carbons (Fsp3) is 0.0833. The molecule has 0 aliphatic carbocycles. The molecule has 1 saturated heterocycles. The fourth-order valence-corrected chi connectivity index (χ4v) is 4.07. The third-order valence-electron chi connectivity index (χ3n) is 4.84. The second-order valence-corrected chi connectivity index (χ2v) is 8.41. The minimum Gasteiger partial charge on any atom is -0.478 e. The number of nitrogens with one attached hydrogen (secondary N) is 1. The first-order valence-electron chi connectivity index (χ1n) is 9.78. The molecule has 1 aliphatic heterocycles. The molecule has 0 unspecified atom stereocenters. The maximum atomic E-state index is 12.4. The van der Waals surface area contributed by atoms with Crippen molar-refractivity contribution in [2.75, 3.05) is 0 Å². The number of amides is 1. The molecular formula is C24H18N2O6S. The van der Waals surface area contributed by atoms with Crippen LogP contribution in [0.3, 0.4) is 0 Å². The predicted molar refractivity (Wildman–Crippen MR) is 125 cm³/mol. The van der Waals surface area contributed by atoms with E-state index in [-0.39, 0.29) is 22.8 Å². The molecule has 1 fully saturated rings. The molecule has 1 aliphatic rings. The van der Waals surface area contributed by atoms with Gasteiger partial charge in [0.1, 0.15) is 11.5 Å². The molecule has 1 aromatic heterocycles. The van der Waals surface area contributed by atoms with Gasteiger partial charge in [0.2, 0.25) is 0 Å². The molecular weight excluding hydrogens is 444 g/mol. The van der Waals surface area contributed by atoms with Gasteiger partial charge in [0.25, 0.3) is 5.91 Å². The van der Waals surface area contributed by atoms with E-state index in [2.05, 4.69) is 10.3 Å². The zero-order valence-electron chi connectivity index (χ0n) is 17.6. The highest BCUT2D eigenvalue weighted by molar-refractivity contribution is 8.18. The number of furan rings is 1. The molecule has 2 aromatic carbocycles. The first-order valence-corrected chi connectivity index (χ1v) is 10.6. The molecule has 0 spiro atoms. The molecule has 3 N–H and O–H groups in total. The van der Waals surface area contributed by atoms with E-state index in [9.17, 15) is 24.6 Å². The summed E-state index contributed by atoms with van der Waals surface area (Å²) >= 11 is 1.17. The largest absolute Gasteiger partial charge is 0.478 e. The van der Waals surface area contributed by atoms with E-state index in [1.54, 1.807) is 18.2 Å². The molecule has 1 amide bonds. The van der Waals surface area contributed by atoms with Crippen LogP contribution in [0.15, 0.2) is 62.8 Å². The summed E-state index contributed by atoms with van der Waals surface area (Å²) in [5.74, 6) is -2.18. The molecule has 8 nitrogen and oxygen atoms in total. The third-order valence-corrected chi connectivity index (χ3v) is 5.75. The number of aryl methyl sites for hydroxylation is 2. The van der Waals surface area contributed by atoms with Crippen LogP contribution in [0.25, 0.3) is 17.4 Å². The number of amidine groups is 1. The van der Waals surface area contributed by atoms with Crippen LogP contribution in [-0.2, 0) is 4.79 Å². The van der Waals surface area contributed by atoms with Gasteiger partial charge in [-0.3, -0.25) is 4.79 Å². The van der Waals surface area contributed by atoms with Crippen LogP contribution in [0.5, 0.6) is 0 Å². The number of carbonyl (C=O) groups excluding carboxylic acids is 1. The monoisotopic (exact) mass is 462 g/mol. The Kier molecular flexibility index (Phi) is 5.89. The van der Waals surface area contributed by atoms with Gasteiger partial charge in [-0.1, -0.05) is 17.7 Å². The highest BCUT2D eigenvalue weighted by atomic mass is 32.2. The van der Waals surface area contributed by atoms with Crippen molar-refractivity contribution in [2.45, 2.75) is 13.8 Å². The van der Waals surface area contributed by atoms with E-state index in [0.29, 0.717) is 21.4 Å². The number of thioether (sulfide) groups is 1. The van der Waals surface area contributed by atoms with Crippen LogP contribution in [0.2, 0.25) is 0 Å². The summed E-state index contributed by atoms with van der Waals surface area (Å²) in [5, 5.41) is 21.7. The van der Waals surface area contributed by atoms with Crippen LogP contribution < -0.4 is 5.32 Å². The van der Waals surface area contributed by atoms with Gasteiger partial charge in [-0.15, -0.1) is 0 Å². The highest BCUT2D eigenvalue weighted by Crippen LogP contribution is 2.31. The molecule has 0 atom stereocenters. The summed E-state index contributed by atoms with van der Waals surface area (Å²) in [4.78, 5) is 39.9. The first-order chi connectivity index (χ1) is 15.7. The van der Waals surface area contributed by atoms with E-state index in [4.69, 9.17) is 4.42 Å². The van der Waals surface area contributed by atoms with Crippen molar-refractivity contribution in [1.29, 1.82) is 0 Å². The summed E-state index contributed by atoms with van der Waals surface area (Å²) in [6, 6.07) is 12.8. The standard InChI is InChI=1S/C24H18N2O6S/c1-12-3-5-18(13(2)7-12)25-24-26-21(27)20(33-24)11-17-4-6-19(32-17)14-8-15(22(28)29)10-16(9-14)23(30)31/h3-11H,1-2H3,(H,28,29)(H,30,31)(H,25,26,27)/b20-11-. The summed E-state index contributed by atoms with van der Waals surface area (Å²) in [5.41, 5.74) is 2.85. The number of aliphatic imine (C=N–C) groups is 1. The molecule has 166 valence electrons. The van der Waals surface area contributed by atoms with Gasteiger partial charge in [0.05, 0.1) is 21.7 Å². The molecule has 4 rings (SSSR count). The molecule has 3 aromatic rings. The Bertz CT molecular complexity index is 1340. The lowest BCUT2D eigenvalue weighted by Gasteiger charge is -2.03. The van der Waals surface area contributed by atoms with Crippen molar-refractivity contribution in [1.82, 2.24) is 5.32 Å². The van der Waals surface area contributed by atoms with E-state index in [0.717, 1.165) is 22.9 Å². The number of carboxylic acids is 2. The Morgan fingerprint density at radius 3 is 2.33 bits per heavy atom. The van der Waals surface area contributed by atoms with Gasteiger partial charge in [-0.05, 0) is 67.6 Å². The normalized spacial score (nSPS) is 15.8. The number of nitrogens with zero attached hydrogens (tertiary/aromatic N) is 1. The minimum atomic E-state index is -1.25. The van der Waals surface area contributed by atoms with Gasteiger partial charge in [-0.25, -0.2) is 14.6 Å². The Balaban J connectivity index is 1.60. The van der Waals surface area contributed by atoms with Gasteiger partial charge in [0, 0.05) is 11.6 Å².